The van der Waals surface area contributed by atoms with Crippen LogP contribution in [0.25, 0.3) is 10.9 Å². The van der Waals surface area contributed by atoms with Gasteiger partial charge in [-0.2, -0.15) is 0 Å². The van der Waals surface area contributed by atoms with Crippen molar-refractivity contribution in [3.05, 3.63) is 42.1 Å². The number of hydrogen-bond acceptors (Lipinski definition) is 5. The first kappa shape index (κ1) is 16.4. The lowest BCUT2D eigenvalue weighted by Crippen LogP contribution is -2.30. The fraction of sp³-hybridized carbons (Fsp3) is 0.333. The minimum absolute atomic E-state index is 0.105. The number of nitrogens with zero attached hydrogens (tertiary/aromatic N) is 2. The monoisotopic (exact) mass is 322 g/mol. The zero-order valence-corrected chi connectivity index (χ0v) is 13.0. The van der Waals surface area contributed by atoms with Crippen LogP contribution in [0.15, 0.2) is 36.5 Å². The Bertz CT molecular complexity index is 761. The number of carbonyl (C=O) groups is 1. The van der Waals surface area contributed by atoms with Gasteiger partial charge in [0.2, 0.25) is 6.41 Å². The number of aromatic nitrogens is 1. The van der Waals surface area contributed by atoms with Gasteiger partial charge in [-0.05, 0) is 31.0 Å². The van der Waals surface area contributed by atoms with E-state index in [4.69, 9.17) is 0 Å². The first-order valence-electron chi connectivity index (χ1n) is 6.88. The number of para-hydroxylation sites is 1. The Morgan fingerprint density at radius 2 is 2.09 bits per heavy atom. The number of carbonyl (C=O) groups excluding carboxylic acids is 1. The van der Waals surface area contributed by atoms with Gasteiger partial charge in [0.1, 0.15) is 0 Å². The third-order valence-corrected chi connectivity index (χ3v) is 5.07. The molecule has 1 aromatic heterocycles. The number of benzene rings is 1. The molecule has 2 rings (SSSR count). The van der Waals surface area contributed by atoms with Crippen LogP contribution in [0.4, 0.5) is 0 Å². The number of fused-ring (bicyclic) bond motifs is 1. The van der Waals surface area contributed by atoms with E-state index in [1.54, 1.807) is 13.1 Å². The Morgan fingerprint density at radius 1 is 1.36 bits per heavy atom. The fourth-order valence-corrected chi connectivity index (χ4v) is 3.62. The lowest BCUT2D eigenvalue weighted by atomic mass is 10.2. The van der Waals surface area contributed by atoms with E-state index in [0.717, 1.165) is 10.9 Å². The van der Waals surface area contributed by atoms with E-state index < -0.39 is 15.9 Å². The predicted molar refractivity (Wildman–Crippen MR) is 83.0 cm³/mol. The molecule has 2 aromatic rings. The van der Waals surface area contributed by atoms with E-state index in [9.17, 15) is 18.4 Å². The topological polar surface area (TPSA) is 87.6 Å². The Kier molecular flexibility index (Phi) is 5.10. The van der Waals surface area contributed by atoms with Crippen LogP contribution in [0.3, 0.4) is 0 Å². The van der Waals surface area contributed by atoms with Gasteiger partial charge in [0.15, 0.2) is 9.84 Å². The molecule has 1 heterocycles. The van der Waals surface area contributed by atoms with Crippen LogP contribution in [-0.2, 0) is 20.4 Å². The molecule has 0 aliphatic heterocycles. The molecule has 6 nitrogen and oxygen atoms in total. The molecule has 0 spiro atoms. The molecule has 22 heavy (non-hydrogen) atoms. The summed E-state index contributed by atoms with van der Waals surface area (Å²) in [6.07, 6.45) is 2.01. The largest absolute Gasteiger partial charge is 0.286 e. The molecule has 1 amide bonds. The molecular weight excluding hydrogens is 304 g/mol. The van der Waals surface area contributed by atoms with Gasteiger partial charge in [0.25, 0.3) is 0 Å². The van der Waals surface area contributed by atoms with Crippen LogP contribution >= 0.6 is 0 Å². The van der Waals surface area contributed by atoms with Crippen molar-refractivity contribution in [1.29, 1.82) is 0 Å². The van der Waals surface area contributed by atoms with Gasteiger partial charge in [0.05, 0.1) is 23.1 Å². The Labute approximate surface area is 129 Å². The molecule has 0 saturated carbocycles. The van der Waals surface area contributed by atoms with Gasteiger partial charge in [-0.15, -0.1) is 0 Å². The van der Waals surface area contributed by atoms with Gasteiger partial charge >= 0.3 is 0 Å². The molecule has 0 radical (unpaired) electrons. The number of hydroxylamine groups is 2. The summed E-state index contributed by atoms with van der Waals surface area (Å²) in [6, 6.07) is 8.77. The molecule has 0 aliphatic carbocycles. The summed E-state index contributed by atoms with van der Waals surface area (Å²) in [7, 11) is -3.33. The highest BCUT2D eigenvalue weighted by Gasteiger charge is 2.17. The highest BCUT2D eigenvalue weighted by Crippen LogP contribution is 2.15. The molecule has 0 saturated heterocycles. The summed E-state index contributed by atoms with van der Waals surface area (Å²) in [6.45, 7) is 1.58. The third-order valence-electron chi connectivity index (χ3n) is 3.44. The zero-order chi connectivity index (χ0) is 16.2. The maximum Gasteiger partial charge on any atom is 0.233 e. The minimum Gasteiger partial charge on any atom is -0.286 e. The highest BCUT2D eigenvalue weighted by atomic mass is 32.2. The first-order valence-corrected chi connectivity index (χ1v) is 8.70. The Hall–Kier alpha value is -1.99. The van der Waals surface area contributed by atoms with E-state index in [-0.39, 0.29) is 24.3 Å². The van der Waals surface area contributed by atoms with Crippen LogP contribution in [0.2, 0.25) is 0 Å². The molecule has 7 heteroatoms. The van der Waals surface area contributed by atoms with Crippen molar-refractivity contribution in [2.24, 2.45) is 0 Å². The SMILES string of the molecule is C[C@@H](CCS(=O)(=O)Cc1cnc2ccccc2c1)N(O)C=O. The summed E-state index contributed by atoms with van der Waals surface area (Å²) < 4.78 is 24.3. The molecule has 0 unspecified atom stereocenters. The average Bonchev–Trinajstić information content (AvgIpc) is 2.51. The van der Waals surface area contributed by atoms with Gasteiger partial charge in [-0.25, -0.2) is 13.5 Å². The molecule has 118 valence electrons. The van der Waals surface area contributed by atoms with Crippen molar-refractivity contribution in [3.8, 4) is 0 Å². The molecule has 0 fully saturated rings. The molecule has 0 aliphatic rings. The van der Waals surface area contributed by atoms with Crippen LogP contribution in [-0.4, -0.2) is 41.9 Å². The molecule has 0 bridgehead atoms. The van der Waals surface area contributed by atoms with Crippen molar-refractivity contribution in [3.63, 3.8) is 0 Å². The van der Waals surface area contributed by atoms with Crippen LogP contribution in [0, 0.1) is 0 Å². The van der Waals surface area contributed by atoms with E-state index >= 15 is 0 Å². The first-order chi connectivity index (χ1) is 10.4. The van der Waals surface area contributed by atoms with E-state index in [0.29, 0.717) is 10.6 Å². The fourth-order valence-electron chi connectivity index (χ4n) is 2.11. The average molecular weight is 322 g/mol. The second-order valence-electron chi connectivity index (χ2n) is 5.25. The molecular formula is C15H18N2O4S. The second-order valence-corrected chi connectivity index (χ2v) is 7.44. The normalized spacial score (nSPS) is 13.0. The maximum absolute atomic E-state index is 12.1. The van der Waals surface area contributed by atoms with Crippen molar-refractivity contribution >= 4 is 27.2 Å². The molecule has 1 atom stereocenters. The van der Waals surface area contributed by atoms with Crippen molar-refractivity contribution < 1.29 is 18.4 Å². The summed E-state index contributed by atoms with van der Waals surface area (Å²) in [5.41, 5.74) is 1.45. The lowest BCUT2D eigenvalue weighted by Gasteiger charge is -2.17. The van der Waals surface area contributed by atoms with E-state index in [1.165, 1.54) is 0 Å². The summed E-state index contributed by atoms with van der Waals surface area (Å²) in [4.78, 5) is 14.6. The predicted octanol–water partition coefficient (Wildman–Crippen LogP) is 1.78. The van der Waals surface area contributed by atoms with Crippen LogP contribution in [0.1, 0.15) is 18.9 Å². The summed E-state index contributed by atoms with van der Waals surface area (Å²) in [5.74, 6) is -0.212. The van der Waals surface area contributed by atoms with Crippen molar-refractivity contribution in [1.82, 2.24) is 10.0 Å². The van der Waals surface area contributed by atoms with Crippen LogP contribution < -0.4 is 0 Å². The van der Waals surface area contributed by atoms with Gasteiger partial charge in [0, 0.05) is 11.6 Å². The third kappa shape index (κ3) is 4.25. The number of amides is 1. The molecule has 1 aromatic carbocycles. The number of hydrogen-bond donors (Lipinski definition) is 1. The van der Waals surface area contributed by atoms with Crippen molar-refractivity contribution in [2.45, 2.75) is 25.1 Å². The minimum atomic E-state index is -3.33. The second kappa shape index (κ2) is 6.85. The van der Waals surface area contributed by atoms with Crippen molar-refractivity contribution in [2.75, 3.05) is 5.75 Å². The smallest absolute Gasteiger partial charge is 0.233 e. The number of pyridine rings is 1. The van der Waals surface area contributed by atoms with E-state index in [1.807, 2.05) is 30.3 Å². The lowest BCUT2D eigenvalue weighted by molar-refractivity contribution is -0.158. The summed E-state index contributed by atoms with van der Waals surface area (Å²) in [5, 5.41) is 10.6. The Morgan fingerprint density at radius 3 is 2.82 bits per heavy atom. The molecule has 1 N–H and O–H groups in total. The summed E-state index contributed by atoms with van der Waals surface area (Å²) >= 11 is 0. The standard InChI is InChI=1S/C15H18N2O4S/c1-12(17(19)11-18)6-7-22(20,21)10-13-8-14-4-2-3-5-15(14)16-9-13/h2-5,8-9,11-12,19H,6-7,10H2,1H3/t12-/m0/s1. The van der Waals surface area contributed by atoms with Crippen LogP contribution in [0.5, 0.6) is 0 Å². The highest BCUT2D eigenvalue weighted by molar-refractivity contribution is 7.90. The van der Waals surface area contributed by atoms with Gasteiger partial charge < -0.3 is 0 Å². The maximum atomic E-state index is 12.1. The van der Waals surface area contributed by atoms with E-state index in [2.05, 4.69) is 4.98 Å². The number of sulfone groups is 1. The zero-order valence-electron chi connectivity index (χ0n) is 12.2. The Balaban J connectivity index is 2.05. The quantitative estimate of drug-likeness (QED) is 0.477. The van der Waals surface area contributed by atoms with Gasteiger partial charge in [-0.3, -0.25) is 15.0 Å². The van der Waals surface area contributed by atoms with Gasteiger partial charge in [-0.1, -0.05) is 18.2 Å². The number of rotatable bonds is 7.